The highest BCUT2D eigenvalue weighted by Crippen LogP contribution is 2.59. The van der Waals surface area contributed by atoms with Gasteiger partial charge in [0.05, 0.1) is 11.8 Å². The maximum atomic E-state index is 12.5. The molecule has 2 rings (SSSR count). The monoisotopic (exact) mass is 282 g/mol. The zero-order chi connectivity index (χ0) is 15.1. The second-order valence-corrected chi connectivity index (χ2v) is 7.15. The van der Waals surface area contributed by atoms with Crippen molar-refractivity contribution in [1.29, 1.82) is 0 Å². The molecule has 2 fully saturated rings. The van der Waals surface area contributed by atoms with Crippen molar-refractivity contribution in [1.82, 2.24) is 9.80 Å². The minimum absolute atomic E-state index is 0.0469. The van der Waals surface area contributed by atoms with E-state index in [1.807, 2.05) is 18.7 Å². The zero-order valence-corrected chi connectivity index (χ0v) is 12.9. The third-order valence-electron chi connectivity index (χ3n) is 4.91. The van der Waals surface area contributed by atoms with Crippen LogP contribution >= 0.6 is 0 Å². The van der Waals surface area contributed by atoms with Crippen LogP contribution in [-0.2, 0) is 9.59 Å². The van der Waals surface area contributed by atoms with Gasteiger partial charge < -0.3 is 14.9 Å². The summed E-state index contributed by atoms with van der Waals surface area (Å²) in [7, 11) is 4.14. The number of carboxylic acid groups (broad SMARTS) is 1. The zero-order valence-electron chi connectivity index (χ0n) is 12.9. The first kappa shape index (κ1) is 15.3. The smallest absolute Gasteiger partial charge is 0.307 e. The number of carbonyl (C=O) groups is 2. The summed E-state index contributed by atoms with van der Waals surface area (Å²) in [6.45, 7) is 6.38. The van der Waals surface area contributed by atoms with Gasteiger partial charge in [0.25, 0.3) is 0 Å². The molecule has 1 amide bonds. The summed E-state index contributed by atoms with van der Waals surface area (Å²) >= 11 is 0. The Morgan fingerprint density at radius 2 is 1.75 bits per heavy atom. The van der Waals surface area contributed by atoms with E-state index >= 15 is 0 Å². The molecule has 0 spiro atoms. The molecule has 0 aromatic rings. The highest BCUT2D eigenvalue weighted by Gasteiger charge is 2.66. The minimum atomic E-state index is -0.837. The molecule has 20 heavy (non-hydrogen) atoms. The predicted octanol–water partition coefficient (Wildman–Crippen LogP) is 1.14. The van der Waals surface area contributed by atoms with Crippen LogP contribution in [0.25, 0.3) is 0 Å². The first-order valence-electron chi connectivity index (χ1n) is 7.41. The van der Waals surface area contributed by atoms with E-state index < -0.39 is 11.9 Å². The van der Waals surface area contributed by atoms with Gasteiger partial charge in [-0.05, 0) is 38.3 Å². The molecule has 1 aliphatic carbocycles. The van der Waals surface area contributed by atoms with Gasteiger partial charge in [0, 0.05) is 19.6 Å². The lowest BCUT2D eigenvalue weighted by Gasteiger charge is -2.33. The van der Waals surface area contributed by atoms with Crippen LogP contribution in [0.2, 0.25) is 0 Å². The van der Waals surface area contributed by atoms with Crippen molar-refractivity contribution in [2.24, 2.45) is 23.2 Å². The van der Waals surface area contributed by atoms with E-state index in [4.69, 9.17) is 0 Å². The molecule has 0 aromatic carbocycles. The van der Waals surface area contributed by atoms with Crippen LogP contribution < -0.4 is 0 Å². The summed E-state index contributed by atoms with van der Waals surface area (Å²) in [5, 5.41) is 9.17. The summed E-state index contributed by atoms with van der Waals surface area (Å²) in [5.74, 6) is -0.974. The van der Waals surface area contributed by atoms with Gasteiger partial charge in [0.1, 0.15) is 0 Å². The molecule has 2 aliphatic rings. The fourth-order valence-corrected chi connectivity index (χ4v) is 3.61. The van der Waals surface area contributed by atoms with Crippen LogP contribution in [0.4, 0.5) is 0 Å². The maximum absolute atomic E-state index is 12.5. The highest BCUT2D eigenvalue weighted by molar-refractivity contribution is 5.91. The van der Waals surface area contributed by atoms with Crippen molar-refractivity contribution < 1.29 is 14.7 Å². The molecule has 114 valence electrons. The predicted molar refractivity (Wildman–Crippen MR) is 76.3 cm³/mol. The number of carbonyl (C=O) groups excluding carboxylic acids is 1. The highest BCUT2D eigenvalue weighted by atomic mass is 16.4. The number of nitrogens with zero attached hydrogens (tertiary/aromatic N) is 2. The SMILES string of the molecule is CN(C)CC1CCN(C(=O)C2C(C(=O)O)C2(C)C)CC1. The quantitative estimate of drug-likeness (QED) is 0.840. The molecule has 2 atom stereocenters. The van der Waals surface area contributed by atoms with Crippen LogP contribution in [-0.4, -0.2) is 60.5 Å². The Morgan fingerprint density at radius 3 is 2.15 bits per heavy atom. The number of aliphatic carboxylic acids is 1. The third kappa shape index (κ3) is 2.82. The van der Waals surface area contributed by atoms with Gasteiger partial charge in [-0.25, -0.2) is 0 Å². The van der Waals surface area contributed by atoms with Crippen molar-refractivity contribution in [2.75, 3.05) is 33.7 Å². The fraction of sp³-hybridized carbons (Fsp3) is 0.867. The van der Waals surface area contributed by atoms with Crippen LogP contribution in [0.5, 0.6) is 0 Å². The van der Waals surface area contributed by atoms with Crippen molar-refractivity contribution in [3.8, 4) is 0 Å². The van der Waals surface area contributed by atoms with Gasteiger partial charge in [-0.1, -0.05) is 13.8 Å². The average Bonchev–Trinajstić information content (AvgIpc) is 2.92. The van der Waals surface area contributed by atoms with E-state index in [1.165, 1.54) is 0 Å². The Labute approximate surface area is 120 Å². The minimum Gasteiger partial charge on any atom is -0.481 e. The Morgan fingerprint density at radius 1 is 1.20 bits per heavy atom. The van der Waals surface area contributed by atoms with Crippen molar-refractivity contribution in [3.63, 3.8) is 0 Å². The van der Waals surface area contributed by atoms with Gasteiger partial charge in [0.2, 0.25) is 5.91 Å². The first-order valence-corrected chi connectivity index (χ1v) is 7.41. The fourth-order valence-electron chi connectivity index (χ4n) is 3.61. The molecule has 5 heteroatoms. The second kappa shape index (κ2) is 5.35. The summed E-state index contributed by atoms with van der Waals surface area (Å²) in [6, 6.07) is 0. The lowest BCUT2D eigenvalue weighted by Crippen LogP contribution is -2.42. The van der Waals surface area contributed by atoms with E-state index in [1.54, 1.807) is 0 Å². The molecule has 2 unspecified atom stereocenters. The molecule has 1 heterocycles. The number of carboxylic acids is 1. The topological polar surface area (TPSA) is 60.9 Å². The van der Waals surface area contributed by atoms with Crippen LogP contribution in [0.3, 0.4) is 0 Å². The Hall–Kier alpha value is -1.10. The lowest BCUT2D eigenvalue weighted by atomic mass is 9.96. The Kier molecular flexibility index (Phi) is 4.09. The van der Waals surface area contributed by atoms with Crippen molar-refractivity contribution in [2.45, 2.75) is 26.7 Å². The summed E-state index contributed by atoms with van der Waals surface area (Å²) in [5.41, 5.74) is -0.386. The van der Waals surface area contributed by atoms with Crippen LogP contribution in [0, 0.1) is 23.2 Å². The van der Waals surface area contributed by atoms with E-state index in [2.05, 4.69) is 19.0 Å². The molecule has 1 N–H and O–H groups in total. The van der Waals surface area contributed by atoms with Crippen LogP contribution in [0.1, 0.15) is 26.7 Å². The van der Waals surface area contributed by atoms with Crippen LogP contribution in [0.15, 0.2) is 0 Å². The number of hydrogen-bond donors (Lipinski definition) is 1. The standard InChI is InChI=1S/C15H26N2O3/c1-15(2)11(12(15)14(19)20)13(18)17-7-5-10(6-8-17)9-16(3)4/h10-12H,5-9H2,1-4H3,(H,19,20). The second-order valence-electron chi connectivity index (χ2n) is 7.15. The molecule has 1 saturated heterocycles. The van der Waals surface area contributed by atoms with Gasteiger partial charge in [0.15, 0.2) is 0 Å². The average molecular weight is 282 g/mol. The summed E-state index contributed by atoms with van der Waals surface area (Å²) < 4.78 is 0. The molecule has 5 nitrogen and oxygen atoms in total. The van der Waals surface area contributed by atoms with Gasteiger partial charge in [-0.2, -0.15) is 0 Å². The normalized spacial score (nSPS) is 29.6. The molecular formula is C15H26N2O3. The lowest BCUT2D eigenvalue weighted by molar-refractivity contribution is -0.142. The number of hydrogen-bond acceptors (Lipinski definition) is 3. The van der Waals surface area contributed by atoms with Crippen molar-refractivity contribution in [3.05, 3.63) is 0 Å². The third-order valence-corrected chi connectivity index (χ3v) is 4.91. The number of amides is 1. The first-order chi connectivity index (χ1) is 9.25. The summed E-state index contributed by atoms with van der Waals surface area (Å²) in [4.78, 5) is 27.7. The maximum Gasteiger partial charge on any atom is 0.307 e. The molecule has 0 aromatic heterocycles. The molecule has 0 radical (unpaired) electrons. The van der Waals surface area contributed by atoms with E-state index in [0.717, 1.165) is 32.5 Å². The molecular weight excluding hydrogens is 256 g/mol. The molecule has 1 aliphatic heterocycles. The van der Waals surface area contributed by atoms with Gasteiger partial charge in [-0.3, -0.25) is 9.59 Å². The number of piperidine rings is 1. The van der Waals surface area contributed by atoms with Crippen molar-refractivity contribution >= 4 is 11.9 Å². The molecule has 0 bridgehead atoms. The number of rotatable bonds is 4. The molecule has 1 saturated carbocycles. The van der Waals surface area contributed by atoms with E-state index in [-0.39, 0.29) is 17.2 Å². The van der Waals surface area contributed by atoms with E-state index in [0.29, 0.717) is 5.92 Å². The largest absolute Gasteiger partial charge is 0.481 e. The number of likely N-dealkylation sites (tertiary alicyclic amines) is 1. The summed E-state index contributed by atoms with van der Waals surface area (Å²) in [6.07, 6.45) is 2.05. The van der Waals surface area contributed by atoms with E-state index in [9.17, 15) is 14.7 Å². The van der Waals surface area contributed by atoms with Gasteiger partial charge in [-0.15, -0.1) is 0 Å². The van der Waals surface area contributed by atoms with Gasteiger partial charge >= 0.3 is 5.97 Å². The Bertz CT molecular complexity index is 398. The Balaban J connectivity index is 1.89.